The van der Waals surface area contributed by atoms with Crippen molar-refractivity contribution in [2.45, 2.75) is 26.3 Å². The van der Waals surface area contributed by atoms with Crippen molar-refractivity contribution in [3.05, 3.63) is 29.8 Å². The summed E-state index contributed by atoms with van der Waals surface area (Å²) in [6.07, 6.45) is 0.626. The van der Waals surface area contributed by atoms with Crippen molar-refractivity contribution in [3.8, 4) is 0 Å². The van der Waals surface area contributed by atoms with E-state index in [4.69, 9.17) is 10.8 Å². The molecule has 114 valence electrons. The highest BCUT2D eigenvalue weighted by atomic mass is 16.4. The van der Waals surface area contributed by atoms with Gasteiger partial charge in [0.1, 0.15) is 6.04 Å². The maximum Gasteiger partial charge on any atom is 0.326 e. The lowest BCUT2D eigenvalue weighted by molar-refractivity contribution is -0.140. The van der Waals surface area contributed by atoms with Crippen LogP contribution in [0.3, 0.4) is 0 Å². The summed E-state index contributed by atoms with van der Waals surface area (Å²) in [5.74, 6) is -1.79. The summed E-state index contributed by atoms with van der Waals surface area (Å²) in [7, 11) is 0. The number of carbonyl (C=O) groups is 3. The summed E-state index contributed by atoms with van der Waals surface area (Å²) >= 11 is 0. The molecule has 0 bridgehead atoms. The van der Waals surface area contributed by atoms with E-state index in [1.807, 2.05) is 6.92 Å². The van der Waals surface area contributed by atoms with Gasteiger partial charge in [0, 0.05) is 11.3 Å². The molecule has 0 saturated carbocycles. The van der Waals surface area contributed by atoms with Crippen molar-refractivity contribution in [2.75, 3.05) is 5.32 Å². The third-order valence-corrected chi connectivity index (χ3v) is 3.16. The predicted octanol–water partition coefficient (Wildman–Crippen LogP) is 1.41. The molecule has 3 amide bonds. The zero-order valence-corrected chi connectivity index (χ0v) is 11.9. The van der Waals surface area contributed by atoms with E-state index in [9.17, 15) is 14.4 Å². The molecule has 1 rings (SSSR count). The number of primary amides is 1. The second kappa shape index (κ2) is 7.28. The molecular formula is C14H19N3O4. The van der Waals surface area contributed by atoms with Crippen LogP contribution >= 0.6 is 0 Å². The maximum absolute atomic E-state index is 12.1. The van der Waals surface area contributed by atoms with Crippen LogP contribution in [0.15, 0.2) is 24.3 Å². The number of anilines is 1. The number of hydrogen-bond donors (Lipinski definition) is 4. The molecule has 0 saturated heterocycles. The van der Waals surface area contributed by atoms with Crippen LogP contribution in [-0.2, 0) is 4.79 Å². The van der Waals surface area contributed by atoms with Gasteiger partial charge in [0.25, 0.3) is 5.91 Å². The average molecular weight is 293 g/mol. The fraction of sp³-hybridized carbons (Fsp3) is 0.357. The number of rotatable bonds is 6. The Morgan fingerprint density at radius 2 is 2.00 bits per heavy atom. The van der Waals surface area contributed by atoms with Crippen molar-refractivity contribution >= 4 is 23.6 Å². The van der Waals surface area contributed by atoms with Gasteiger partial charge in [-0.1, -0.05) is 26.3 Å². The fourth-order valence-corrected chi connectivity index (χ4v) is 1.79. The highest BCUT2D eigenvalue weighted by Gasteiger charge is 2.25. The van der Waals surface area contributed by atoms with E-state index >= 15 is 0 Å². The van der Waals surface area contributed by atoms with Crippen LogP contribution in [0.2, 0.25) is 0 Å². The first-order valence-electron chi connectivity index (χ1n) is 6.55. The van der Waals surface area contributed by atoms with E-state index in [1.165, 1.54) is 12.1 Å². The Labute approximate surface area is 122 Å². The number of urea groups is 1. The molecule has 0 radical (unpaired) electrons. The third-order valence-electron chi connectivity index (χ3n) is 3.16. The average Bonchev–Trinajstić information content (AvgIpc) is 2.42. The number of amides is 3. The minimum atomic E-state index is -1.08. The van der Waals surface area contributed by atoms with Gasteiger partial charge >= 0.3 is 12.0 Å². The van der Waals surface area contributed by atoms with Crippen molar-refractivity contribution in [1.82, 2.24) is 5.32 Å². The van der Waals surface area contributed by atoms with E-state index in [-0.39, 0.29) is 11.5 Å². The molecule has 7 nitrogen and oxygen atoms in total. The predicted molar refractivity (Wildman–Crippen MR) is 78.0 cm³/mol. The van der Waals surface area contributed by atoms with Crippen LogP contribution in [0.5, 0.6) is 0 Å². The standard InChI is InChI=1S/C14H19N3O4/c1-3-8(2)11(13(19)20)17-12(18)9-5-4-6-10(7-9)16-14(15)21/h4-8,11H,3H2,1-2H3,(H,17,18)(H,19,20)(H3,15,16,21)/t8-,11-/m0/s1. The Kier molecular flexibility index (Phi) is 5.71. The molecule has 0 unspecified atom stereocenters. The first kappa shape index (κ1) is 16.5. The number of carbonyl (C=O) groups excluding carboxylic acids is 2. The zero-order valence-electron chi connectivity index (χ0n) is 11.9. The third kappa shape index (κ3) is 4.79. The first-order valence-corrected chi connectivity index (χ1v) is 6.55. The molecule has 7 heteroatoms. The second-order valence-corrected chi connectivity index (χ2v) is 4.74. The van der Waals surface area contributed by atoms with Crippen LogP contribution < -0.4 is 16.4 Å². The summed E-state index contributed by atoms with van der Waals surface area (Å²) in [4.78, 5) is 34.1. The first-order chi connectivity index (χ1) is 9.85. The summed E-state index contributed by atoms with van der Waals surface area (Å²) < 4.78 is 0. The maximum atomic E-state index is 12.1. The Bertz CT molecular complexity index is 545. The number of hydrogen-bond acceptors (Lipinski definition) is 3. The minimum absolute atomic E-state index is 0.196. The number of nitrogens with two attached hydrogens (primary N) is 1. The van der Waals surface area contributed by atoms with Crippen molar-refractivity contribution in [3.63, 3.8) is 0 Å². The summed E-state index contributed by atoms with van der Waals surface area (Å²) in [5, 5.41) is 14.0. The van der Waals surface area contributed by atoms with Crippen molar-refractivity contribution in [1.29, 1.82) is 0 Å². The van der Waals surface area contributed by atoms with Gasteiger partial charge in [0.15, 0.2) is 0 Å². The zero-order chi connectivity index (χ0) is 16.0. The topological polar surface area (TPSA) is 122 Å². The van der Waals surface area contributed by atoms with Crippen LogP contribution in [0, 0.1) is 5.92 Å². The number of benzene rings is 1. The normalized spacial score (nSPS) is 13.0. The van der Waals surface area contributed by atoms with E-state index in [1.54, 1.807) is 19.1 Å². The van der Waals surface area contributed by atoms with E-state index in [0.29, 0.717) is 12.1 Å². The smallest absolute Gasteiger partial charge is 0.326 e. The van der Waals surface area contributed by atoms with E-state index in [2.05, 4.69) is 10.6 Å². The Morgan fingerprint density at radius 1 is 1.33 bits per heavy atom. The molecule has 5 N–H and O–H groups in total. The largest absolute Gasteiger partial charge is 0.480 e. The molecule has 1 aromatic rings. The van der Waals surface area contributed by atoms with Crippen molar-refractivity contribution < 1.29 is 19.5 Å². The summed E-state index contributed by atoms with van der Waals surface area (Å²) in [5.41, 5.74) is 5.61. The lowest BCUT2D eigenvalue weighted by atomic mass is 9.99. The minimum Gasteiger partial charge on any atom is -0.480 e. The molecule has 0 fully saturated rings. The molecule has 0 aliphatic carbocycles. The number of nitrogens with one attached hydrogen (secondary N) is 2. The van der Waals surface area contributed by atoms with Crippen LogP contribution in [0.25, 0.3) is 0 Å². The Hall–Kier alpha value is -2.57. The van der Waals surface area contributed by atoms with Crippen molar-refractivity contribution in [2.24, 2.45) is 11.7 Å². The number of aliphatic carboxylic acids is 1. The highest BCUT2D eigenvalue weighted by Crippen LogP contribution is 2.13. The Morgan fingerprint density at radius 3 is 2.52 bits per heavy atom. The quantitative estimate of drug-likeness (QED) is 0.633. The molecular weight excluding hydrogens is 274 g/mol. The van der Waals surface area contributed by atoms with E-state index < -0.39 is 23.9 Å². The lowest BCUT2D eigenvalue weighted by Crippen LogP contribution is -2.45. The SMILES string of the molecule is CC[C@H](C)[C@H](NC(=O)c1cccc(NC(N)=O)c1)C(=O)O. The molecule has 1 aromatic carbocycles. The molecule has 2 atom stereocenters. The molecule has 0 heterocycles. The summed E-state index contributed by atoms with van der Waals surface area (Å²) in [6, 6.07) is 4.39. The molecule has 0 aliphatic heterocycles. The second-order valence-electron chi connectivity index (χ2n) is 4.74. The Balaban J connectivity index is 2.87. The van der Waals surface area contributed by atoms with Gasteiger partial charge in [-0.15, -0.1) is 0 Å². The molecule has 21 heavy (non-hydrogen) atoms. The van der Waals surface area contributed by atoms with Gasteiger partial charge in [-0.05, 0) is 24.1 Å². The van der Waals surface area contributed by atoms with Gasteiger partial charge < -0.3 is 21.5 Å². The van der Waals surface area contributed by atoms with Gasteiger partial charge in [-0.3, -0.25) is 4.79 Å². The molecule has 0 spiro atoms. The monoisotopic (exact) mass is 293 g/mol. The summed E-state index contributed by atoms with van der Waals surface area (Å²) in [6.45, 7) is 3.61. The van der Waals surface area contributed by atoms with Crippen LogP contribution in [0.1, 0.15) is 30.6 Å². The molecule has 0 aromatic heterocycles. The van der Waals surface area contributed by atoms with Gasteiger partial charge in [0.2, 0.25) is 0 Å². The van der Waals surface area contributed by atoms with Crippen LogP contribution in [-0.4, -0.2) is 29.1 Å². The van der Waals surface area contributed by atoms with Gasteiger partial charge in [-0.25, -0.2) is 9.59 Å². The number of carboxylic acid groups (broad SMARTS) is 1. The van der Waals surface area contributed by atoms with Crippen LogP contribution in [0.4, 0.5) is 10.5 Å². The van der Waals surface area contributed by atoms with Gasteiger partial charge in [0.05, 0.1) is 0 Å². The number of carboxylic acids is 1. The molecule has 0 aliphatic rings. The highest BCUT2D eigenvalue weighted by molar-refractivity contribution is 5.98. The fourth-order valence-electron chi connectivity index (χ4n) is 1.79. The lowest BCUT2D eigenvalue weighted by Gasteiger charge is -2.20. The van der Waals surface area contributed by atoms with Gasteiger partial charge in [-0.2, -0.15) is 0 Å². The van der Waals surface area contributed by atoms with E-state index in [0.717, 1.165) is 0 Å².